The number of nitrogens with one attached hydrogen (secondary N) is 1. The van der Waals surface area contributed by atoms with E-state index in [0.29, 0.717) is 0 Å². The normalized spacial score (nSPS) is 28.5. The van der Waals surface area contributed by atoms with Crippen molar-refractivity contribution in [2.75, 3.05) is 31.6 Å². The van der Waals surface area contributed by atoms with Crippen molar-refractivity contribution in [2.24, 2.45) is 0 Å². The predicted molar refractivity (Wildman–Crippen MR) is 64.0 cm³/mol. The van der Waals surface area contributed by atoms with E-state index in [1.54, 1.807) is 0 Å². The molecule has 0 amide bonds. The molecule has 0 aromatic heterocycles. The van der Waals surface area contributed by atoms with E-state index in [2.05, 4.69) is 16.5 Å². The van der Waals surface area contributed by atoms with Gasteiger partial charge in [0.2, 0.25) is 0 Å². The van der Waals surface area contributed by atoms with Crippen molar-refractivity contribution in [1.82, 2.24) is 10.2 Å². The van der Waals surface area contributed by atoms with Gasteiger partial charge in [0.1, 0.15) is 0 Å². The summed E-state index contributed by atoms with van der Waals surface area (Å²) in [7, 11) is 0. The highest BCUT2D eigenvalue weighted by Gasteiger charge is 2.33. The minimum Gasteiger partial charge on any atom is -0.313 e. The molecule has 82 valence electrons. The lowest BCUT2D eigenvalue weighted by Gasteiger charge is -2.15. The molecule has 3 heteroatoms. The Morgan fingerprint density at radius 2 is 2.21 bits per heavy atom. The van der Waals surface area contributed by atoms with E-state index in [9.17, 15) is 0 Å². The van der Waals surface area contributed by atoms with Crippen molar-refractivity contribution in [3.8, 4) is 0 Å². The summed E-state index contributed by atoms with van der Waals surface area (Å²) in [4.78, 5) is 2.67. The maximum absolute atomic E-state index is 3.67. The molecule has 1 aliphatic carbocycles. The molecular formula is C11H22N2S. The van der Waals surface area contributed by atoms with Crippen LogP contribution in [-0.4, -0.2) is 48.6 Å². The van der Waals surface area contributed by atoms with Gasteiger partial charge in [0.15, 0.2) is 0 Å². The molecule has 0 radical (unpaired) electrons. The van der Waals surface area contributed by atoms with Crippen LogP contribution in [0.1, 0.15) is 25.7 Å². The Kier molecular flexibility index (Phi) is 4.14. The molecule has 1 aliphatic heterocycles. The number of likely N-dealkylation sites (tertiary alicyclic amines) is 1. The zero-order valence-corrected chi connectivity index (χ0v) is 9.98. The van der Waals surface area contributed by atoms with Crippen molar-refractivity contribution >= 4 is 11.8 Å². The molecule has 2 fully saturated rings. The van der Waals surface area contributed by atoms with Crippen LogP contribution < -0.4 is 5.32 Å². The maximum atomic E-state index is 3.67. The molecule has 2 aliphatic rings. The van der Waals surface area contributed by atoms with Gasteiger partial charge in [0, 0.05) is 25.2 Å². The number of thioether (sulfide) groups is 1. The zero-order chi connectivity index (χ0) is 9.80. The average Bonchev–Trinajstić information content (AvgIpc) is 2.94. The van der Waals surface area contributed by atoms with Gasteiger partial charge in [0.05, 0.1) is 0 Å². The largest absolute Gasteiger partial charge is 0.313 e. The lowest BCUT2D eigenvalue weighted by atomic mass is 10.2. The van der Waals surface area contributed by atoms with Crippen LogP contribution in [0.5, 0.6) is 0 Å². The van der Waals surface area contributed by atoms with Gasteiger partial charge < -0.3 is 5.32 Å². The van der Waals surface area contributed by atoms with Gasteiger partial charge in [-0.1, -0.05) is 0 Å². The van der Waals surface area contributed by atoms with Gasteiger partial charge in [-0.15, -0.1) is 0 Å². The quantitative estimate of drug-likeness (QED) is 0.676. The molecule has 0 bridgehead atoms. The van der Waals surface area contributed by atoms with Crippen LogP contribution >= 0.6 is 11.8 Å². The summed E-state index contributed by atoms with van der Waals surface area (Å²) in [6, 6.07) is 1.76. The Morgan fingerprint density at radius 3 is 2.93 bits per heavy atom. The highest BCUT2D eigenvalue weighted by atomic mass is 32.2. The van der Waals surface area contributed by atoms with Gasteiger partial charge in [-0.2, -0.15) is 11.8 Å². The third-order valence-electron chi connectivity index (χ3n) is 3.24. The van der Waals surface area contributed by atoms with E-state index in [0.717, 1.165) is 12.1 Å². The smallest absolute Gasteiger partial charge is 0.0207 e. The summed E-state index contributed by atoms with van der Waals surface area (Å²) in [5.74, 6) is 1.30. The minimum atomic E-state index is 0.789. The monoisotopic (exact) mass is 214 g/mol. The minimum absolute atomic E-state index is 0.789. The molecule has 1 heterocycles. The molecule has 0 aromatic rings. The van der Waals surface area contributed by atoms with Gasteiger partial charge in [-0.05, 0) is 44.2 Å². The number of hydrogen-bond donors (Lipinski definition) is 1. The fourth-order valence-electron chi connectivity index (χ4n) is 2.25. The standard InChI is InChI=1S/C11H22N2S/c1-14-8-2-6-12-10-5-7-13(9-10)11-3-4-11/h10-12H,2-9H2,1H3. The fraction of sp³-hybridized carbons (Fsp3) is 1.00. The molecule has 1 unspecified atom stereocenters. The number of rotatable bonds is 6. The van der Waals surface area contributed by atoms with E-state index in [1.807, 2.05) is 11.8 Å². The first kappa shape index (κ1) is 10.8. The van der Waals surface area contributed by atoms with E-state index in [-0.39, 0.29) is 0 Å². The summed E-state index contributed by atoms with van der Waals surface area (Å²) in [6.45, 7) is 3.86. The van der Waals surface area contributed by atoms with Crippen molar-refractivity contribution < 1.29 is 0 Å². The summed E-state index contributed by atoms with van der Waals surface area (Å²) in [5, 5.41) is 3.67. The Hall–Kier alpha value is 0.270. The molecule has 1 N–H and O–H groups in total. The Labute approximate surface area is 91.8 Å². The van der Waals surface area contributed by atoms with Crippen LogP contribution in [0.25, 0.3) is 0 Å². The van der Waals surface area contributed by atoms with Crippen LogP contribution in [0, 0.1) is 0 Å². The van der Waals surface area contributed by atoms with Gasteiger partial charge in [0.25, 0.3) is 0 Å². The first-order chi connectivity index (χ1) is 6.90. The first-order valence-corrected chi connectivity index (χ1v) is 7.26. The van der Waals surface area contributed by atoms with E-state index in [1.165, 1.54) is 51.1 Å². The number of hydrogen-bond acceptors (Lipinski definition) is 3. The second kappa shape index (κ2) is 5.38. The molecule has 1 saturated carbocycles. The second-order valence-corrected chi connectivity index (χ2v) is 5.50. The average molecular weight is 214 g/mol. The fourth-order valence-corrected chi connectivity index (χ4v) is 2.68. The van der Waals surface area contributed by atoms with Crippen LogP contribution in [0.2, 0.25) is 0 Å². The van der Waals surface area contributed by atoms with Gasteiger partial charge in [-0.25, -0.2) is 0 Å². The summed E-state index contributed by atoms with van der Waals surface area (Å²) in [5.41, 5.74) is 0. The van der Waals surface area contributed by atoms with Gasteiger partial charge >= 0.3 is 0 Å². The molecule has 2 rings (SSSR count). The SMILES string of the molecule is CSCCCNC1CCN(C2CC2)C1. The highest BCUT2D eigenvalue weighted by molar-refractivity contribution is 7.98. The molecule has 1 atom stereocenters. The molecule has 1 saturated heterocycles. The molecule has 14 heavy (non-hydrogen) atoms. The lowest BCUT2D eigenvalue weighted by Crippen LogP contribution is -2.34. The Bertz CT molecular complexity index is 171. The van der Waals surface area contributed by atoms with Crippen LogP contribution in [0.15, 0.2) is 0 Å². The first-order valence-electron chi connectivity index (χ1n) is 5.86. The van der Waals surface area contributed by atoms with Crippen molar-refractivity contribution in [1.29, 1.82) is 0 Å². The van der Waals surface area contributed by atoms with E-state index in [4.69, 9.17) is 0 Å². The maximum Gasteiger partial charge on any atom is 0.0207 e. The lowest BCUT2D eigenvalue weighted by molar-refractivity contribution is 0.318. The molecule has 0 aromatic carbocycles. The van der Waals surface area contributed by atoms with Crippen molar-refractivity contribution in [2.45, 2.75) is 37.8 Å². The van der Waals surface area contributed by atoms with E-state index >= 15 is 0 Å². The number of nitrogens with zero attached hydrogens (tertiary/aromatic N) is 1. The van der Waals surface area contributed by atoms with Crippen LogP contribution in [0.3, 0.4) is 0 Å². The highest BCUT2D eigenvalue weighted by Crippen LogP contribution is 2.29. The van der Waals surface area contributed by atoms with Crippen LogP contribution in [-0.2, 0) is 0 Å². The third kappa shape index (κ3) is 3.14. The van der Waals surface area contributed by atoms with E-state index < -0.39 is 0 Å². The summed E-state index contributed by atoms with van der Waals surface area (Å²) >= 11 is 1.95. The van der Waals surface area contributed by atoms with Gasteiger partial charge in [-0.3, -0.25) is 4.90 Å². The Balaban J connectivity index is 1.54. The van der Waals surface area contributed by atoms with Crippen molar-refractivity contribution in [3.05, 3.63) is 0 Å². The molecule has 2 nitrogen and oxygen atoms in total. The predicted octanol–water partition coefficient (Wildman–Crippen LogP) is 1.57. The zero-order valence-electron chi connectivity index (χ0n) is 9.17. The van der Waals surface area contributed by atoms with Crippen LogP contribution in [0.4, 0.5) is 0 Å². The molecule has 0 spiro atoms. The molecular weight excluding hydrogens is 192 g/mol. The third-order valence-corrected chi connectivity index (χ3v) is 3.94. The summed E-state index contributed by atoms with van der Waals surface area (Å²) < 4.78 is 0. The second-order valence-electron chi connectivity index (χ2n) is 4.51. The van der Waals surface area contributed by atoms with Crippen molar-refractivity contribution in [3.63, 3.8) is 0 Å². The Morgan fingerprint density at radius 1 is 1.36 bits per heavy atom. The topological polar surface area (TPSA) is 15.3 Å². The summed E-state index contributed by atoms with van der Waals surface area (Å²) in [6.07, 6.45) is 7.79.